The first-order valence-corrected chi connectivity index (χ1v) is 9.44. The highest BCUT2D eigenvalue weighted by atomic mass is 32.1. The second kappa shape index (κ2) is 8.76. The number of nitrogens with one attached hydrogen (secondary N) is 1. The number of nitro benzene ring substituents is 1. The van der Waals surface area contributed by atoms with Crippen molar-refractivity contribution < 1.29 is 19.2 Å². The molecule has 3 rings (SSSR count). The minimum Gasteiger partial charge on any atom is -0.383 e. The summed E-state index contributed by atoms with van der Waals surface area (Å²) in [5.74, 6) is -0.887. The van der Waals surface area contributed by atoms with Crippen molar-refractivity contribution >= 4 is 44.7 Å². The van der Waals surface area contributed by atoms with Gasteiger partial charge in [0.15, 0.2) is 4.80 Å². The molecule has 0 radical (unpaired) electrons. The lowest BCUT2D eigenvalue weighted by Crippen LogP contribution is -2.19. The third kappa shape index (κ3) is 4.55. The van der Waals surface area contributed by atoms with E-state index in [-0.39, 0.29) is 17.2 Å². The van der Waals surface area contributed by atoms with E-state index in [1.807, 2.05) is 10.6 Å². The number of carbonyl (C=O) groups excluding carboxylic acids is 2. The van der Waals surface area contributed by atoms with E-state index in [0.717, 1.165) is 10.2 Å². The highest BCUT2D eigenvalue weighted by Gasteiger charge is 2.19. The zero-order valence-electron chi connectivity index (χ0n) is 15.7. The van der Waals surface area contributed by atoms with Gasteiger partial charge in [-0.1, -0.05) is 23.5 Å². The van der Waals surface area contributed by atoms with Gasteiger partial charge in [0.25, 0.3) is 11.6 Å². The number of para-hydroxylation sites is 1. The maximum absolute atomic E-state index is 12.7. The quantitative estimate of drug-likeness (QED) is 0.492. The van der Waals surface area contributed by atoms with E-state index in [0.29, 0.717) is 23.6 Å². The normalized spacial score (nSPS) is 11.6. The summed E-state index contributed by atoms with van der Waals surface area (Å²) in [5.41, 5.74) is 1.07. The molecule has 0 saturated heterocycles. The molecular formula is C19H18N4O5S. The smallest absolute Gasteiger partial charge is 0.286 e. The van der Waals surface area contributed by atoms with Crippen LogP contribution in [0.25, 0.3) is 10.2 Å². The van der Waals surface area contributed by atoms with Crippen molar-refractivity contribution in [1.29, 1.82) is 0 Å². The van der Waals surface area contributed by atoms with Gasteiger partial charge in [-0.2, -0.15) is 4.99 Å². The van der Waals surface area contributed by atoms with Crippen LogP contribution in [0.5, 0.6) is 0 Å². The zero-order valence-corrected chi connectivity index (χ0v) is 16.6. The molecule has 0 atom stereocenters. The second-order valence-corrected chi connectivity index (χ2v) is 7.09. The Morgan fingerprint density at radius 2 is 2.03 bits per heavy atom. The Kier molecular flexibility index (Phi) is 6.15. The van der Waals surface area contributed by atoms with Crippen LogP contribution >= 0.6 is 11.3 Å². The highest BCUT2D eigenvalue weighted by Crippen LogP contribution is 2.23. The molecule has 0 aliphatic rings. The van der Waals surface area contributed by atoms with Gasteiger partial charge in [0.05, 0.1) is 21.7 Å². The number of anilines is 1. The first kappa shape index (κ1) is 20.4. The summed E-state index contributed by atoms with van der Waals surface area (Å²) in [6, 6.07) is 11.1. The Morgan fingerprint density at radius 3 is 2.72 bits per heavy atom. The van der Waals surface area contributed by atoms with Crippen molar-refractivity contribution in [2.24, 2.45) is 4.99 Å². The van der Waals surface area contributed by atoms with Gasteiger partial charge in [0, 0.05) is 32.3 Å². The lowest BCUT2D eigenvalue weighted by molar-refractivity contribution is -0.385. The van der Waals surface area contributed by atoms with Crippen LogP contribution in [0.4, 0.5) is 11.4 Å². The van der Waals surface area contributed by atoms with Crippen LogP contribution in [-0.4, -0.2) is 35.0 Å². The number of rotatable bonds is 6. The Labute approximate surface area is 169 Å². The largest absolute Gasteiger partial charge is 0.383 e. The van der Waals surface area contributed by atoms with Crippen LogP contribution < -0.4 is 10.1 Å². The number of thiazole rings is 1. The van der Waals surface area contributed by atoms with E-state index >= 15 is 0 Å². The first-order chi connectivity index (χ1) is 13.9. The zero-order chi connectivity index (χ0) is 21.0. The lowest BCUT2D eigenvalue weighted by Gasteiger charge is -2.05. The molecule has 29 heavy (non-hydrogen) atoms. The molecule has 0 aliphatic carbocycles. The number of ether oxygens (including phenoxy) is 1. The number of carbonyl (C=O) groups is 2. The summed E-state index contributed by atoms with van der Waals surface area (Å²) < 4.78 is 7.77. The van der Waals surface area contributed by atoms with Gasteiger partial charge in [-0.15, -0.1) is 0 Å². The van der Waals surface area contributed by atoms with Crippen LogP contribution in [0.15, 0.2) is 47.5 Å². The number of hydrogen-bond acceptors (Lipinski definition) is 6. The van der Waals surface area contributed by atoms with Gasteiger partial charge in [0.2, 0.25) is 5.91 Å². The van der Waals surface area contributed by atoms with Gasteiger partial charge >= 0.3 is 0 Å². The number of amides is 2. The van der Waals surface area contributed by atoms with Gasteiger partial charge < -0.3 is 14.6 Å². The molecule has 1 N–H and O–H groups in total. The number of nitro groups is 1. The molecule has 0 fully saturated rings. The molecule has 3 aromatic rings. The summed E-state index contributed by atoms with van der Waals surface area (Å²) in [7, 11) is 1.57. The van der Waals surface area contributed by atoms with E-state index in [2.05, 4.69) is 10.3 Å². The van der Waals surface area contributed by atoms with Crippen LogP contribution in [-0.2, 0) is 16.1 Å². The monoisotopic (exact) mass is 414 g/mol. The average Bonchev–Trinajstić information content (AvgIpc) is 3.01. The molecule has 150 valence electrons. The summed E-state index contributed by atoms with van der Waals surface area (Å²) in [5, 5.41) is 13.9. The Morgan fingerprint density at radius 1 is 1.28 bits per heavy atom. The van der Waals surface area contributed by atoms with Crippen LogP contribution in [0.2, 0.25) is 0 Å². The highest BCUT2D eigenvalue weighted by molar-refractivity contribution is 7.16. The van der Waals surface area contributed by atoms with Crippen LogP contribution in [0, 0.1) is 10.1 Å². The molecule has 9 nitrogen and oxygen atoms in total. The van der Waals surface area contributed by atoms with Gasteiger partial charge in [-0.25, -0.2) is 0 Å². The van der Waals surface area contributed by atoms with E-state index in [1.165, 1.54) is 36.5 Å². The fourth-order valence-electron chi connectivity index (χ4n) is 2.80. The third-order valence-corrected chi connectivity index (χ3v) is 5.09. The van der Waals surface area contributed by atoms with Crippen molar-refractivity contribution in [3.05, 3.63) is 62.9 Å². The molecule has 1 aromatic heterocycles. The van der Waals surface area contributed by atoms with Crippen molar-refractivity contribution in [3.8, 4) is 0 Å². The predicted molar refractivity (Wildman–Crippen MR) is 109 cm³/mol. The van der Waals surface area contributed by atoms with Gasteiger partial charge in [-0.05, 0) is 24.3 Å². The molecule has 0 aliphatic heterocycles. The topological polar surface area (TPSA) is 116 Å². The maximum Gasteiger partial charge on any atom is 0.286 e. The maximum atomic E-state index is 12.7. The Hall–Kier alpha value is -3.37. The van der Waals surface area contributed by atoms with Crippen LogP contribution in [0.3, 0.4) is 0 Å². The summed E-state index contributed by atoms with van der Waals surface area (Å²) >= 11 is 1.25. The third-order valence-electron chi connectivity index (χ3n) is 4.05. The van der Waals surface area contributed by atoms with Gasteiger partial charge in [-0.3, -0.25) is 19.7 Å². The fourth-order valence-corrected chi connectivity index (χ4v) is 3.89. The van der Waals surface area contributed by atoms with E-state index < -0.39 is 10.8 Å². The summed E-state index contributed by atoms with van der Waals surface area (Å²) in [6.07, 6.45) is 0. The second-order valence-electron chi connectivity index (χ2n) is 6.08. The average molecular weight is 414 g/mol. The van der Waals surface area contributed by atoms with Crippen molar-refractivity contribution in [2.45, 2.75) is 13.5 Å². The molecule has 0 spiro atoms. The Balaban J connectivity index is 2.12. The Bertz CT molecular complexity index is 1160. The molecule has 0 saturated carbocycles. The lowest BCUT2D eigenvalue weighted by atomic mass is 10.2. The van der Waals surface area contributed by atoms with Gasteiger partial charge in [0.1, 0.15) is 5.56 Å². The number of hydrogen-bond donors (Lipinski definition) is 1. The molecule has 0 unspecified atom stereocenters. The van der Waals surface area contributed by atoms with E-state index in [9.17, 15) is 19.7 Å². The minimum atomic E-state index is -0.697. The number of benzene rings is 2. The first-order valence-electron chi connectivity index (χ1n) is 8.63. The van der Waals surface area contributed by atoms with Crippen LogP contribution in [0.1, 0.15) is 17.3 Å². The number of methoxy groups -OCH3 is 1. The predicted octanol–water partition coefficient (Wildman–Crippen LogP) is 2.96. The number of nitrogens with zero attached hydrogens (tertiary/aromatic N) is 3. The van der Waals surface area contributed by atoms with E-state index in [4.69, 9.17) is 4.74 Å². The SMILES string of the molecule is COCCn1c(=NC(=O)c2ccccc2[N+](=O)[O-])sc2cc(NC(C)=O)ccc21. The molecule has 2 amide bonds. The number of aromatic nitrogens is 1. The molecule has 2 aromatic carbocycles. The molecular weight excluding hydrogens is 396 g/mol. The number of fused-ring (bicyclic) bond motifs is 1. The van der Waals surface area contributed by atoms with E-state index in [1.54, 1.807) is 25.3 Å². The molecule has 1 heterocycles. The summed E-state index contributed by atoms with van der Waals surface area (Å²) in [4.78, 5) is 39.1. The van der Waals surface area contributed by atoms with Crippen molar-refractivity contribution in [1.82, 2.24) is 4.57 Å². The summed E-state index contributed by atoms with van der Waals surface area (Å²) in [6.45, 7) is 2.26. The minimum absolute atomic E-state index is 0.0767. The van der Waals surface area contributed by atoms with Crippen molar-refractivity contribution in [3.63, 3.8) is 0 Å². The van der Waals surface area contributed by atoms with Crippen molar-refractivity contribution in [2.75, 3.05) is 19.0 Å². The molecule has 10 heteroatoms. The standard InChI is InChI=1S/C19H18N4O5S/c1-12(24)20-13-7-8-16-17(11-13)29-19(22(16)9-10-28-2)21-18(25)14-5-3-4-6-15(14)23(26)27/h3-8,11H,9-10H2,1-2H3,(H,20,24). The fraction of sp³-hybridized carbons (Fsp3) is 0.211. The molecule has 0 bridgehead atoms.